The zero-order valence-corrected chi connectivity index (χ0v) is 15.0. The number of fused-ring (bicyclic) bond motifs is 1. The number of esters is 1. The van der Waals surface area contributed by atoms with Gasteiger partial charge >= 0.3 is 5.97 Å². The van der Waals surface area contributed by atoms with Crippen molar-refractivity contribution in [3.05, 3.63) is 23.8 Å². The first kappa shape index (κ1) is 18.6. The van der Waals surface area contributed by atoms with Gasteiger partial charge in [-0.25, -0.2) is 4.79 Å². The summed E-state index contributed by atoms with van der Waals surface area (Å²) in [5, 5.41) is 30.6. The van der Waals surface area contributed by atoms with Crippen LogP contribution in [0.25, 0.3) is 0 Å². The molecule has 2 saturated carbocycles. The Morgan fingerprint density at radius 1 is 1.32 bits per heavy atom. The third-order valence-corrected chi connectivity index (χ3v) is 7.25. The molecule has 0 aromatic heterocycles. The second kappa shape index (κ2) is 6.86. The summed E-state index contributed by atoms with van der Waals surface area (Å²) in [5.41, 5.74) is 0.942. The largest absolute Gasteiger partial charge is 0.458 e. The van der Waals surface area contributed by atoms with Gasteiger partial charge in [0.25, 0.3) is 0 Å². The summed E-state index contributed by atoms with van der Waals surface area (Å²) in [6.45, 7) is 6.45. The first-order chi connectivity index (χ1) is 11.9. The molecule has 2 aliphatic carbocycles. The predicted molar refractivity (Wildman–Crippen MR) is 93.6 cm³/mol. The highest BCUT2D eigenvalue weighted by molar-refractivity contribution is 5.90. The molecular formula is C20H30O5. The van der Waals surface area contributed by atoms with Gasteiger partial charge < -0.3 is 20.1 Å². The number of rotatable bonds is 5. The zero-order valence-electron chi connectivity index (χ0n) is 15.0. The number of hydrogen-bond donors (Lipinski definition) is 3. The number of cyclic esters (lactones) is 1. The molecule has 0 aromatic carbocycles. The van der Waals surface area contributed by atoms with E-state index in [1.807, 2.05) is 6.08 Å². The van der Waals surface area contributed by atoms with Gasteiger partial charge in [0, 0.05) is 11.0 Å². The van der Waals surface area contributed by atoms with Crippen molar-refractivity contribution in [2.24, 2.45) is 22.7 Å². The molecule has 4 unspecified atom stereocenters. The van der Waals surface area contributed by atoms with E-state index in [-0.39, 0.29) is 36.4 Å². The molecule has 4 atom stereocenters. The average molecular weight is 350 g/mol. The van der Waals surface area contributed by atoms with E-state index in [1.54, 1.807) is 0 Å². The van der Waals surface area contributed by atoms with Crippen LogP contribution in [-0.2, 0) is 9.53 Å². The van der Waals surface area contributed by atoms with Crippen LogP contribution in [0.4, 0.5) is 0 Å². The lowest BCUT2D eigenvalue weighted by atomic mass is 9.45. The number of aliphatic hydroxyl groups excluding tert-OH is 3. The molecule has 3 rings (SSSR count). The number of carbonyl (C=O) groups excluding carboxylic acids is 1. The fourth-order valence-electron chi connectivity index (χ4n) is 5.72. The summed E-state index contributed by atoms with van der Waals surface area (Å²) in [6.07, 6.45) is 5.73. The van der Waals surface area contributed by atoms with Crippen molar-refractivity contribution in [2.75, 3.05) is 19.8 Å². The smallest absolute Gasteiger partial charge is 0.334 e. The molecule has 5 heteroatoms. The highest BCUT2D eigenvalue weighted by Crippen LogP contribution is 2.61. The van der Waals surface area contributed by atoms with E-state index >= 15 is 0 Å². The van der Waals surface area contributed by atoms with Crippen molar-refractivity contribution < 1.29 is 24.9 Å². The topological polar surface area (TPSA) is 87.0 Å². The number of ether oxygens (including phenoxy) is 1. The van der Waals surface area contributed by atoms with Gasteiger partial charge in [-0.15, -0.1) is 0 Å². The Hall–Kier alpha value is -1.17. The summed E-state index contributed by atoms with van der Waals surface area (Å²) in [5.74, 6) is 0.0338. The van der Waals surface area contributed by atoms with Gasteiger partial charge in [-0.05, 0) is 61.9 Å². The fraction of sp³-hybridized carbons (Fsp3) is 0.750. The maximum atomic E-state index is 11.7. The van der Waals surface area contributed by atoms with Crippen LogP contribution in [-0.4, -0.2) is 47.2 Å². The van der Waals surface area contributed by atoms with Gasteiger partial charge in [0.1, 0.15) is 6.61 Å². The number of hydrogen-bond acceptors (Lipinski definition) is 5. The third-order valence-electron chi connectivity index (χ3n) is 7.25. The van der Waals surface area contributed by atoms with Crippen molar-refractivity contribution in [3.63, 3.8) is 0 Å². The maximum Gasteiger partial charge on any atom is 0.334 e. The van der Waals surface area contributed by atoms with Crippen LogP contribution in [0.3, 0.4) is 0 Å². The highest BCUT2D eigenvalue weighted by atomic mass is 16.5. The molecule has 0 saturated heterocycles. The minimum absolute atomic E-state index is 0.0405. The monoisotopic (exact) mass is 350 g/mol. The van der Waals surface area contributed by atoms with E-state index in [2.05, 4.69) is 13.5 Å². The minimum Gasteiger partial charge on any atom is -0.458 e. The summed E-state index contributed by atoms with van der Waals surface area (Å²) in [7, 11) is 0. The number of aliphatic hydroxyl groups is 3. The maximum absolute atomic E-state index is 11.7. The molecule has 5 nitrogen and oxygen atoms in total. The molecule has 0 bridgehead atoms. The van der Waals surface area contributed by atoms with Crippen molar-refractivity contribution in [1.29, 1.82) is 0 Å². The molecule has 0 radical (unpaired) electrons. The van der Waals surface area contributed by atoms with Crippen LogP contribution in [0, 0.1) is 22.7 Å². The first-order valence-electron chi connectivity index (χ1n) is 9.32. The molecule has 3 aliphatic rings. The van der Waals surface area contributed by atoms with Gasteiger partial charge in [0.15, 0.2) is 0 Å². The van der Waals surface area contributed by atoms with Gasteiger partial charge in [0.2, 0.25) is 0 Å². The van der Waals surface area contributed by atoms with Crippen molar-refractivity contribution in [2.45, 2.75) is 51.6 Å². The quantitative estimate of drug-likeness (QED) is 0.521. The standard InChI is InChI=1S/C20H30O5/c1-13-3-6-16-19(2,9-7-17(23)20(16,11-21)12-22)15(13)5-4-14-8-10-25-18(14)24/h8,15-17,21-23H,1,3-7,9-12H2,2H3. The summed E-state index contributed by atoms with van der Waals surface area (Å²) >= 11 is 0. The Kier molecular flexibility index (Phi) is 5.11. The lowest BCUT2D eigenvalue weighted by molar-refractivity contribution is -0.179. The molecule has 0 aromatic rings. The van der Waals surface area contributed by atoms with Gasteiger partial charge in [0.05, 0.1) is 19.3 Å². The SMILES string of the molecule is C=C1CCC2C(C)(CCC(O)C2(CO)CO)C1CCC1=CCOC1=O. The van der Waals surface area contributed by atoms with Crippen molar-refractivity contribution >= 4 is 5.97 Å². The van der Waals surface area contributed by atoms with Crippen molar-refractivity contribution in [3.8, 4) is 0 Å². The van der Waals surface area contributed by atoms with E-state index in [4.69, 9.17) is 4.74 Å². The second-order valence-corrected chi connectivity index (χ2v) is 8.28. The van der Waals surface area contributed by atoms with E-state index in [9.17, 15) is 20.1 Å². The van der Waals surface area contributed by atoms with E-state index < -0.39 is 11.5 Å². The van der Waals surface area contributed by atoms with E-state index in [1.165, 1.54) is 5.57 Å². The Bertz CT molecular complexity index is 577. The molecular weight excluding hydrogens is 320 g/mol. The normalized spacial score (nSPS) is 37.4. The zero-order chi connectivity index (χ0) is 18.2. The average Bonchev–Trinajstić information content (AvgIpc) is 3.00. The second-order valence-electron chi connectivity index (χ2n) is 8.28. The molecule has 1 aliphatic heterocycles. The molecule has 1 heterocycles. The summed E-state index contributed by atoms with van der Waals surface area (Å²) < 4.78 is 4.99. The van der Waals surface area contributed by atoms with Crippen LogP contribution in [0.1, 0.15) is 45.4 Å². The van der Waals surface area contributed by atoms with Gasteiger partial charge in [-0.1, -0.05) is 19.1 Å². The predicted octanol–water partition coefficient (Wildman–Crippen LogP) is 1.96. The molecule has 2 fully saturated rings. The van der Waals surface area contributed by atoms with Crippen LogP contribution in [0.15, 0.2) is 23.8 Å². The van der Waals surface area contributed by atoms with Gasteiger partial charge in [-0.3, -0.25) is 0 Å². The third kappa shape index (κ3) is 2.86. The van der Waals surface area contributed by atoms with Crippen LogP contribution in [0.2, 0.25) is 0 Å². The van der Waals surface area contributed by atoms with E-state index in [0.717, 1.165) is 31.3 Å². The molecule has 0 amide bonds. The van der Waals surface area contributed by atoms with Crippen LogP contribution < -0.4 is 0 Å². The Morgan fingerprint density at radius 3 is 2.64 bits per heavy atom. The molecule has 25 heavy (non-hydrogen) atoms. The fourth-order valence-corrected chi connectivity index (χ4v) is 5.72. The molecule has 0 spiro atoms. The lowest BCUT2D eigenvalue weighted by Crippen LogP contribution is -2.60. The molecule has 140 valence electrons. The number of allylic oxidation sites excluding steroid dienone is 1. The minimum atomic E-state index is -0.850. The van der Waals surface area contributed by atoms with Crippen LogP contribution >= 0.6 is 0 Å². The summed E-state index contributed by atoms with van der Waals surface area (Å²) in [6, 6.07) is 0. The summed E-state index contributed by atoms with van der Waals surface area (Å²) in [4.78, 5) is 11.7. The Balaban J connectivity index is 1.85. The Morgan fingerprint density at radius 2 is 2.04 bits per heavy atom. The Labute approximate surface area is 149 Å². The van der Waals surface area contributed by atoms with Crippen LogP contribution in [0.5, 0.6) is 0 Å². The molecule has 3 N–H and O–H groups in total. The van der Waals surface area contributed by atoms with Crippen molar-refractivity contribution in [1.82, 2.24) is 0 Å². The highest BCUT2D eigenvalue weighted by Gasteiger charge is 2.59. The lowest BCUT2D eigenvalue weighted by Gasteiger charge is -2.60. The number of carbonyl (C=O) groups is 1. The van der Waals surface area contributed by atoms with E-state index in [0.29, 0.717) is 19.4 Å². The van der Waals surface area contributed by atoms with Gasteiger partial charge in [-0.2, -0.15) is 0 Å². The first-order valence-corrected chi connectivity index (χ1v) is 9.32.